The molecule has 106 valence electrons. The van der Waals surface area contributed by atoms with Crippen molar-refractivity contribution in [3.63, 3.8) is 0 Å². The maximum Gasteiger partial charge on any atom is 0.120 e. The summed E-state index contributed by atoms with van der Waals surface area (Å²) in [5.41, 5.74) is 8.60. The average Bonchev–Trinajstić information content (AvgIpc) is 2.39. The molecule has 0 aliphatic heterocycles. The van der Waals surface area contributed by atoms with Gasteiger partial charge in [-0.2, -0.15) is 0 Å². The maximum absolute atomic E-state index is 6.19. The Bertz CT molecular complexity index is 414. The van der Waals surface area contributed by atoms with Crippen molar-refractivity contribution in [1.29, 1.82) is 0 Å². The molecule has 1 saturated carbocycles. The lowest BCUT2D eigenvalue weighted by molar-refractivity contribution is 0.0969. The number of rotatable bonds is 4. The minimum atomic E-state index is 0.308. The van der Waals surface area contributed by atoms with Gasteiger partial charge in [-0.1, -0.05) is 26.3 Å². The molecule has 1 aliphatic carbocycles. The van der Waals surface area contributed by atoms with Crippen LogP contribution in [0, 0.1) is 12.8 Å². The van der Waals surface area contributed by atoms with Gasteiger partial charge in [-0.3, -0.25) is 0 Å². The fourth-order valence-electron chi connectivity index (χ4n) is 3.14. The molecule has 19 heavy (non-hydrogen) atoms. The van der Waals surface area contributed by atoms with Crippen LogP contribution in [0.25, 0.3) is 0 Å². The third kappa shape index (κ3) is 3.50. The van der Waals surface area contributed by atoms with Crippen LogP contribution in [0.3, 0.4) is 0 Å². The van der Waals surface area contributed by atoms with Crippen molar-refractivity contribution in [2.45, 2.75) is 58.5 Å². The zero-order chi connectivity index (χ0) is 13.8. The highest BCUT2D eigenvalue weighted by Crippen LogP contribution is 2.29. The van der Waals surface area contributed by atoms with Gasteiger partial charge in [0.1, 0.15) is 11.9 Å². The molecule has 2 unspecified atom stereocenters. The monoisotopic (exact) mass is 261 g/mol. The van der Waals surface area contributed by atoms with E-state index in [0.717, 1.165) is 18.7 Å². The SMILES string of the molecule is Cc1cc(OC2CCCCC2CN)ccc1C(C)C. The van der Waals surface area contributed by atoms with Gasteiger partial charge in [0.2, 0.25) is 0 Å². The maximum atomic E-state index is 6.19. The summed E-state index contributed by atoms with van der Waals surface area (Å²) in [4.78, 5) is 0. The van der Waals surface area contributed by atoms with Crippen molar-refractivity contribution in [3.8, 4) is 5.75 Å². The first kappa shape index (κ1) is 14.4. The van der Waals surface area contributed by atoms with E-state index in [1.165, 1.54) is 30.4 Å². The van der Waals surface area contributed by atoms with Crippen LogP contribution in [0.1, 0.15) is 56.6 Å². The molecule has 0 heterocycles. The van der Waals surface area contributed by atoms with E-state index < -0.39 is 0 Å². The van der Waals surface area contributed by atoms with E-state index in [1.807, 2.05) is 0 Å². The molecular weight excluding hydrogens is 234 g/mol. The molecule has 0 spiro atoms. The topological polar surface area (TPSA) is 35.2 Å². The van der Waals surface area contributed by atoms with E-state index in [1.54, 1.807) is 0 Å². The van der Waals surface area contributed by atoms with Crippen LogP contribution in [0.4, 0.5) is 0 Å². The second-order valence-corrected chi connectivity index (χ2v) is 6.11. The van der Waals surface area contributed by atoms with E-state index in [9.17, 15) is 0 Å². The molecule has 1 aromatic carbocycles. The highest BCUT2D eigenvalue weighted by molar-refractivity contribution is 5.36. The van der Waals surface area contributed by atoms with E-state index in [0.29, 0.717) is 17.9 Å². The Morgan fingerprint density at radius 3 is 2.63 bits per heavy atom. The van der Waals surface area contributed by atoms with Crippen LogP contribution in [-0.2, 0) is 0 Å². The summed E-state index contributed by atoms with van der Waals surface area (Å²) in [6, 6.07) is 6.50. The minimum absolute atomic E-state index is 0.308. The van der Waals surface area contributed by atoms with Crippen molar-refractivity contribution in [3.05, 3.63) is 29.3 Å². The van der Waals surface area contributed by atoms with Crippen molar-refractivity contribution in [2.24, 2.45) is 11.7 Å². The highest BCUT2D eigenvalue weighted by atomic mass is 16.5. The molecule has 1 aromatic rings. The molecule has 0 aromatic heterocycles. The molecular formula is C17H27NO. The van der Waals surface area contributed by atoms with Crippen LogP contribution in [0.2, 0.25) is 0 Å². The number of hydrogen-bond acceptors (Lipinski definition) is 2. The molecule has 0 bridgehead atoms. The van der Waals surface area contributed by atoms with Gasteiger partial charge in [0, 0.05) is 5.92 Å². The molecule has 2 rings (SSSR count). The first-order valence-corrected chi connectivity index (χ1v) is 7.59. The Kier molecular flexibility index (Phi) is 4.87. The van der Waals surface area contributed by atoms with Crippen LogP contribution in [-0.4, -0.2) is 12.6 Å². The molecule has 2 atom stereocenters. The Labute approximate surface area is 117 Å². The lowest BCUT2D eigenvalue weighted by Gasteiger charge is -2.31. The van der Waals surface area contributed by atoms with Crippen LogP contribution in [0.15, 0.2) is 18.2 Å². The summed E-state index contributed by atoms with van der Waals surface area (Å²) in [7, 11) is 0. The minimum Gasteiger partial charge on any atom is -0.490 e. The predicted molar refractivity (Wildman–Crippen MR) is 80.7 cm³/mol. The predicted octanol–water partition coefficient (Wildman–Crippen LogP) is 4.01. The van der Waals surface area contributed by atoms with Gasteiger partial charge in [-0.25, -0.2) is 0 Å². The van der Waals surface area contributed by atoms with Gasteiger partial charge in [-0.05, 0) is 61.9 Å². The Hall–Kier alpha value is -1.02. The Morgan fingerprint density at radius 1 is 1.26 bits per heavy atom. The normalized spacial score (nSPS) is 23.6. The number of hydrogen-bond donors (Lipinski definition) is 1. The third-order valence-electron chi connectivity index (χ3n) is 4.29. The standard InChI is InChI=1S/C17H27NO/c1-12(2)16-9-8-15(10-13(16)3)19-17-7-5-4-6-14(17)11-18/h8-10,12,14,17H,4-7,11,18H2,1-3H3. The molecule has 1 fully saturated rings. The first-order chi connectivity index (χ1) is 9.11. The fourth-order valence-corrected chi connectivity index (χ4v) is 3.14. The largest absolute Gasteiger partial charge is 0.490 e. The smallest absolute Gasteiger partial charge is 0.120 e. The number of ether oxygens (including phenoxy) is 1. The molecule has 1 aliphatic rings. The average molecular weight is 261 g/mol. The Balaban J connectivity index is 2.08. The third-order valence-corrected chi connectivity index (χ3v) is 4.29. The van der Waals surface area contributed by atoms with Crippen LogP contribution >= 0.6 is 0 Å². The summed E-state index contributed by atoms with van der Waals surface area (Å²) < 4.78 is 6.19. The summed E-state index contributed by atoms with van der Waals surface area (Å²) in [6.07, 6.45) is 5.23. The van der Waals surface area contributed by atoms with Crippen molar-refractivity contribution >= 4 is 0 Å². The summed E-state index contributed by atoms with van der Waals surface area (Å²) in [5, 5.41) is 0. The van der Waals surface area contributed by atoms with E-state index in [-0.39, 0.29) is 0 Å². The fraction of sp³-hybridized carbons (Fsp3) is 0.647. The van der Waals surface area contributed by atoms with Crippen molar-refractivity contribution in [1.82, 2.24) is 0 Å². The number of aryl methyl sites for hydroxylation is 1. The zero-order valence-corrected chi connectivity index (χ0v) is 12.5. The van der Waals surface area contributed by atoms with Gasteiger partial charge >= 0.3 is 0 Å². The molecule has 2 heteroatoms. The molecule has 0 radical (unpaired) electrons. The quantitative estimate of drug-likeness (QED) is 0.888. The molecule has 2 N–H and O–H groups in total. The van der Waals surface area contributed by atoms with Crippen molar-refractivity contribution in [2.75, 3.05) is 6.54 Å². The van der Waals surface area contributed by atoms with Gasteiger partial charge in [0.05, 0.1) is 0 Å². The van der Waals surface area contributed by atoms with Gasteiger partial charge in [0.15, 0.2) is 0 Å². The summed E-state index contributed by atoms with van der Waals surface area (Å²) in [6.45, 7) is 7.38. The van der Waals surface area contributed by atoms with Crippen molar-refractivity contribution < 1.29 is 4.74 Å². The van der Waals surface area contributed by atoms with Crippen LogP contribution in [0.5, 0.6) is 5.75 Å². The van der Waals surface area contributed by atoms with Crippen LogP contribution < -0.4 is 10.5 Å². The number of nitrogens with two attached hydrogens (primary N) is 1. The summed E-state index contributed by atoms with van der Waals surface area (Å²) in [5.74, 6) is 2.10. The van der Waals surface area contributed by atoms with Gasteiger partial charge < -0.3 is 10.5 Å². The molecule has 0 amide bonds. The van der Waals surface area contributed by atoms with Gasteiger partial charge in [-0.15, -0.1) is 0 Å². The highest BCUT2D eigenvalue weighted by Gasteiger charge is 2.25. The molecule has 2 nitrogen and oxygen atoms in total. The first-order valence-electron chi connectivity index (χ1n) is 7.59. The number of benzene rings is 1. The van der Waals surface area contributed by atoms with E-state index >= 15 is 0 Å². The van der Waals surface area contributed by atoms with E-state index in [4.69, 9.17) is 10.5 Å². The zero-order valence-electron chi connectivity index (χ0n) is 12.5. The second-order valence-electron chi connectivity index (χ2n) is 6.11. The lowest BCUT2D eigenvalue weighted by atomic mass is 9.86. The molecule has 0 saturated heterocycles. The summed E-state index contributed by atoms with van der Waals surface area (Å²) >= 11 is 0. The second kappa shape index (κ2) is 6.42. The lowest BCUT2D eigenvalue weighted by Crippen LogP contribution is -2.35. The van der Waals surface area contributed by atoms with E-state index in [2.05, 4.69) is 39.0 Å². The Morgan fingerprint density at radius 2 is 2.00 bits per heavy atom. The van der Waals surface area contributed by atoms with Gasteiger partial charge in [0.25, 0.3) is 0 Å².